The van der Waals surface area contributed by atoms with Gasteiger partial charge in [0.05, 0.1) is 23.2 Å². The summed E-state index contributed by atoms with van der Waals surface area (Å²) < 4.78 is 31.2. The van der Waals surface area contributed by atoms with Crippen molar-refractivity contribution >= 4 is 47.3 Å². The van der Waals surface area contributed by atoms with E-state index in [9.17, 15) is 8.42 Å². The molecule has 0 N–H and O–H groups in total. The van der Waals surface area contributed by atoms with E-state index in [1.54, 1.807) is 18.6 Å². The first kappa shape index (κ1) is 16.6. The Morgan fingerprint density at radius 3 is 2.76 bits per heavy atom. The molecule has 0 aliphatic carbocycles. The summed E-state index contributed by atoms with van der Waals surface area (Å²) in [5, 5.41) is 0.158. The zero-order valence-corrected chi connectivity index (χ0v) is 14.8. The van der Waals surface area contributed by atoms with Gasteiger partial charge < -0.3 is 9.30 Å². The van der Waals surface area contributed by atoms with Crippen LogP contribution < -0.4 is 4.74 Å². The van der Waals surface area contributed by atoms with Crippen LogP contribution in [0.1, 0.15) is 12.6 Å². The molecule has 0 atom stereocenters. The average molecular weight is 414 g/mol. The van der Waals surface area contributed by atoms with Gasteiger partial charge in [-0.25, -0.2) is 13.4 Å². The second kappa shape index (κ2) is 6.56. The monoisotopic (exact) mass is 412 g/mol. The Morgan fingerprint density at radius 1 is 1.43 bits per heavy atom. The Balaban J connectivity index is 2.36. The van der Waals surface area contributed by atoms with E-state index in [1.807, 2.05) is 11.5 Å². The Morgan fingerprint density at radius 2 is 2.14 bits per heavy atom. The van der Waals surface area contributed by atoms with Gasteiger partial charge in [-0.3, -0.25) is 0 Å². The molecule has 1 heterocycles. The molecular weight excluding hydrogens is 403 g/mol. The smallest absolute Gasteiger partial charge is 0.265 e. The van der Waals surface area contributed by atoms with Gasteiger partial charge in [0.15, 0.2) is 5.75 Å². The fourth-order valence-corrected chi connectivity index (χ4v) is 3.83. The van der Waals surface area contributed by atoms with Crippen molar-refractivity contribution in [2.45, 2.75) is 25.0 Å². The summed E-state index contributed by atoms with van der Waals surface area (Å²) in [5.74, 6) is 0.0266. The molecule has 9 heteroatoms. The lowest BCUT2D eigenvalue weighted by Crippen LogP contribution is -2.06. The minimum Gasteiger partial charge on any atom is -0.484 e. The van der Waals surface area contributed by atoms with Gasteiger partial charge in [0, 0.05) is 21.7 Å². The van der Waals surface area contributed by atoms with Crippen molar-refractivity contribution in [3.05, 3.63) is 39.8 Å². The Kier molecular flexibility index (Phi) is 5.19. The summed E-state index contributed by atoms with van der Waals surface area (Å²) in [6.45, 7) is 2.83. The van der Waals surface area contributed by atoms with E-state index in [1.165, 1.54) is 6.07 Å². The predicted molar refractivity (Wildman–Crippen MR) is 84.4 cm³/mol. The predicted octanol–water partition coefficient (Wildman–Crippen LogP) is 3.83. The van der Waals surface area contributed by atoms with Crippen molar-refractivity contribution < 1.29 is 13.2 Å². The van der Waals surface area contributed by atoms with Crippen LogP contribution in [0.4, 0.5) is 0 Å². The molecule has 1 aromatic carbocycles. The molecule has 21 heavy (non-hydrogen) atoms. The normalized spacial score (nSPS) is 11.6. The standard InChI is InChI=1S/C12H11BrCl2N2O3S/c1-2-17-7-16-5-9(17)6-20-12-10(14)3-8(13)4-11(12)21(15,18)19/h3-5,7H,2,6H2,1H3. The van der Waals surface area contributed by atoms with Gasteiger partial charge in [-0.15, -0.1) is 0 Å². The topological polar surface area (TPSA) is 61.2 Å². The van der Waals surface area contributed by atoms with Gasteiger partial charge in [-0.05, 0) is 19.1 Å². The molecule has 0 fully saturated rings. The number of halogens is 3. The van der Waals surface area contributed by atoms with Gasteiger partial charge in [-0.1, -0.05) is 27.5 Å². The summed E-state index contributed by atoms with van der Waals surface area (Å²) in [6, 6.07) is 2.89. The molecule has 0 aliphatic rings. The molecule has 1 aromatic heterocycles. The molecule has 0 spiro atoms. The number of rotatable bonds is 5. The Bertz CT molecular complexity index is 762. The first-order valence-electron chi connectivity index (χ1n) is 5.88. The Hall–Kier alpha value is -0.760. The first-order valence-corrected chi connectivity index (χ1v) is 9.36. The van der Waals surface area contributed by atoms with Crippen molar-refractivity contribution in [1.82, 2.24) is 9.55 Å². The third kappa shape index (κ3) is 3.91. The number of aryl methyl sites for hydroxylation is 1. The number of aromatic nitrogens is 2. The molecular formula is C12H11BrCl2N2O3S. The highest BCUT2D eigenvalue weighted by Crippen LogP contribution is 2.37. The largest absolute Gasteiger partial charge is 0.484 e. The molecule has 0 amide bonds. The zero-order chi connectivity index (χ0) is 15.6. The second-order valence-corrected chi connectivity index (χ2v) is 7.97. The third-order valence-corrected chi connectivity index (χ3v) is 4.81. The van der Waals surface area contributed by atoms with E-state index in [-0.39, 0.29) is 22.3 Å². The molecule has 5 nitrogen and oxygen atoms in total. The lowest BCUT2D eigenvalue weighted by Gasteiger charge is -2.12. The van der Waals surface area contributed by atoms with Crippen molar-refractivity contribution in [1.29, 1.82) is 0 Å². The molecule has 0 saturated heterocycles. The van der Waals surface area contributed by atoms with Gasteiger partial charge in [0.1, 0.15) is 11.5 Å². The van der Waals surface area contributed by atoms with E-state index < -0.39 is 9.05 Å². The van der Waals surface area contributed by atoms with E-state index in [4.69, 9.17) is 27.0 Å². The SMILES string of the molecule is CCn1cncc1COc1c(Cl)cc(Br)cc1S(=O)(=O)Cl. The highest BCUT2D eigenvalue weighted by atomic mass is 79.9. The van der Waals surface area contributed by atoms with Gasteiger partial charge in [0.2, 0.25) is 0 Å². The zero-order valence-electron chi connectivity index (χ0n) is 10.9. The number of hydrogen-bond acceptors (Lipinski definition) is 4. The number of hydrogen-bond donors (Lipinski definition) is 0. The maximum atomic E-state index is 11.6. The van der Waals surface area contributed by atoms with Crippen molar-refractivity contribution in [2.75, 3.05) is 0 Å². The molecule has 2 aromatic rings. The van der Waals surface area contributed by atoms with Crippen LogP contribution in [-0.2, 0) is 22.2 Å². The second-order valence-electron chi connectivity index (χ2n) is 4.11. The van der Waals surface area contributed by atoms with E-state index in [2.05, 4.69) is 20.9 Å². The highest BCUT2D eigenvalue weighted by molar-refractivity contribution is 9.10. The quantitative estimate of drug-likeness (QED) is 0.699. The van der Waals surface area contributed by atoms with Crippen LogP contribution in [0.3, 0.4) is 0 Å². The molecule has 0 unspecified atom stereocenters. The fourth-order valence-electron chi connectivity index (χ4n) is 1.76. The van der Waals surface area contributed by atoms with Crippen LogP contribution in [0, 0.1) is 0 Å². The van der Waals surface area contributed by atoms with Crippen LogP contribution >= 0.6 is 38.2 Å². The molecule has 0 bridgehead atoms. The first-order chi connectivity index (χ1) is 9.82. The van der Waals surface area contributed by atoms with Crippen molar-refractivity contribution in [3.63, 3.8) is 0 Å². The van der Waals surface area contributed by atoms with E-state index in [0.717, 1.165) is 12.2 Å². The lowest BCUT2D eigenvalue weighted by molar-refractivity contribution is 0.288. The third-order valence-electron chi connectivity index (χ3n) is 2.74. The van der Waals surface area contributed by atoms with E-state index in [0.29, 0.717) is 4.47 Å². The summed E-state index contributed by atoms with van der Waals surface area (Å²) in [7, 11) is 1.45. The van der Waals surface area contributed by atoms with Crippen LogP contribution in [-0.4, -0.2) is 18.0 Å². The molecule has 2 rings (SSSR count). The van der Waals surface area contributed by atoms with Crippen LogP contribution in [0.2, 0.25) is 5.02 Å². The lowest BCUT2D eigenvalue weighted by atomic mass is 10.3. The van der Waals surface area contributed by atoms with Crippen molar-refractivity contribution in [2.24, 2.45) is 0 Å². The van der Waals surface area contributed by atoms with Gasteiger partial charge >= 0.3 is 0 Å². The number of imidazole rings is 1. The number of nitrogens with zero attached hydrogens (tertiary/aromatic N) is 2. The maximum Gasteiger partial charge on any atom is 0.265 e. The number of ether oxygens (including phenoxy) is 1. The fraction of sp³-hybridized carbons (Fsp3) is 0.250. The van der Waals surface area contributed by atoms with Crippen LogP contribution in [0.5, 0.6) is 5.75 Å². The minimum absolute atomic E-state index is 0.0266. The van der Waals surface area contributed by atoms with Gasteiger partial charge in [-0.2, -0.15) is 0 Å². The minimum atomic E-state index is -3.97. The summed E-state index contributed by atoms with van der Waals surface area (Å²) in [5.41, 5.74) is 0.800. The molecule has 0 aliphatic heterocycles. The summed E-state index contributed by atoms with van der Waals surface area (Å²) in [6.07, 6.45) is 3.31. The highest BCUT2D eigenvalue weighted by Gasteiger charge is 2.21. The maximum absolute atomic E-state index is 11.6. The van der Waals surface area contributed by atoms with Crippen LogP contribution in [0.25, 0.3) is 0 Å². The molecule has 0 radical (unpaired) electrons. The molecule has 0 saturated carbocycles. The Labute approximate surface area is 140 Å². The van der Waals surface area contributed by atoms with Gasteiger partial charge in [0.25, 0.3) is 9.05 Å². The summed E-state index contributed by atoms with van der Waals surface area (Å²) >= 11 is 9.23. The van der Waals surface area contributed by atoms with Crippen molar-refractivity contribution in [3.8, 4) is 5.75 Å². The summed E-state index contributed by atoms with van der Waals surface area (Å²) in [4.78, 5) is 3.84. The number of benzene rings is 1. The average Bonchev–Trinajstić information content (AvgIpc) is 2.83. The van der Waals surface area contributed by atoms with Crippen LogP contribution in [0.15, 0.2) is 34.0 Å². The molecule has 114 valence electrons. The van der Waals surface area contributed by atoms with E-state index >= 15 is 0 Å².